The maximum absolute atomic E-state index is 12.7. The van der Waals surface area contributed by atoms with Crippen LogP contribution in [0.5, 0.6) is 0 Å². The van der Waals surface area contributed by atoms with E-state index in [-0.39, 0.29) is 16.9 Å². The largest absolute Gasteiger partial charge is 0.388 e. The minimum Gasteiger partial charge on any atom is -0.388 e. The van der Waals surface area contributed by atoms with E-state index in [1.165, 1.54) is 5.56 Å². The summed E-state index contributed by atoms with van der Waals surface area (Å²) >= 11 is 5.98. The van der Waals surface area contributed by atoms with E-state index in [0.717, 1.165) is 36.1 Å². The van der Waals surface area contributed by atoms with Crippen LogP contribution >= 0.6 is 11.6 Å². The van der Waals surface area contributed by atoms with Crippen molar-refractivity contribution in [1.82, 2.24) is 4.90 Å². The Morgan fingerprint density at radius 1 is 1.06 bits per heavy atom. The van der Waals surface area contributed by atoms with Gasteiger partial charge in [-0.25, -0.2) is 0 Å². The van der Waals surface area contributed by atoms with Crippen LogP contribution in [0.2, 0.25) is 5.02 Å². The van der Waals surface area contributed by atoms with Crippen LogP contribution < -0.4 is 0 Å². The van der Waals surface area contributed by atoms with Gasteiger partial charge in [-0.3, -0.25) is 4.79 Å². The van der Waals surface area contributed by atoms with Crippen molar-refractivity contribution in [1.29, 1.82) is 0 Å². The maximum atomic E-state index is 12.7. The molecule has 0 bridgehead atoms. The highest BCUT2D eigenvalue weighted by Crippen LogP contribution is 2.36. The second-order valence-corrected chi connectivity index (χ2v) is 9.96. The molecule has 0 radical (unpaired) electrons. The first-order valence-corrected chi connectivity index (χ1v) is 11.2. The van der Waals surface area contributed by atoms with Gasteiger partial charge in [-0.05, 0) is 40.3 Å². The van der Waals surface area contributed by atoms with Crippen molar-refractivity contribution in [2.45, 2.75) is 51.0 Å². The van der Waals surface area contributed by atoms with Gasteiger partial charge in [-0.1, -0.05) is 73.9 Å². The Morgan fingerprint density at radius 3 is 2.32 bits per heavy atom. The Labute approximate surface area is 189 Å². The Bertz CT molecular complexity index is 993. The van der Waals surface area contributed by atoms with Crippen molar-refractivity contribution in [3.05, 3.63) is 76.3 Å². The van der Waals surface area contributed by atoms with Crippen molar-refractivity contribution < 1.29 is 9.63 Å². The van der Waals surface area contributed by atoms with Crippen LogP contribution in [0.25, 0.3) is 6.08 Å². The SMILES string of the molecule is CC(C)(C)c1ccc(C=CC(=O)N2CCC3(CC2)CC(c2ccc(Cl)cc2)=NO3)cc1. The average molecular weight is 437 g/mol. The topological polar surface area (TPSA) is 41.9 Å². The van der Waals surface area contributed by atoms with Crippen molar-refractivity contribution in [2.24, 2.45) is 5.16 Å². The number of nitrogens with zero attached hydrogens (tertiary/aromatic N) is 2. The van der Waals surface area contributed by atoms with Crippen LogP contribution in [0.3, 0.4) is 0 Å². The molecule has 2 aliphatic rings. The number of oxime groups is 1. The van der Waals surface area contributed by atoms with E-state index in [9.17, 15) is 4.79 Å². The molecule has 4 nitrogen and oxygen atoms in total. The minimum absolute atomic E-state index is 0.0478. The molecule has 5 heteroatoms. The quantitative estimate of drug-likeness (QED) is 0.567. The number of rotatable bonds is 3. The number of carbonyl (C=O) groups is 1. The highest BCUT2D eigenvalue weighted by molar-refractivity contribution is 6.30. The molecule has 0 N–H and O–H groups in total. The predicted octanol–water partition coefficient (Wildman–Crippen LogP) is 5.84. The molecule has 0 atom stereocenters. The molecule has 1 spiro atoms. The van der Waals surface area contributed by atoms with Crippen molar-refractivity contribution in [3.63, 3.8) is 0 Å². The Kier molecular flexibility index (Phi) is 5.94. The molecular weight excluding hydrogens is 408 g/mol. The van der Waals surface area contributed by atoms with Crippen molar-refractivity contribution >= 4 is 29.3 Å². The van der Waals surface area contributed by atoms with E-state index in [4.69, 9.17) is 16.4 Å². The summed E-state index contributed by atoms with van der Waals surface area (Å²) in [4.78, 5) is 20.4. The maximum Gasteiger partial charge on any atom is 0.246 e. The van der Waals surface area contributed by atoms with E-state index >= 15 is 0 Å². The summed E-state index contributed by atoms with van der Waals surface area (Å²) in [7, 11) is 0. The first-order chi connectivity index (χ1) is 14.7. The standard InChI is InChI=1S/C26H29ClN2O2/c1-25(2,3)21-9-4-19(5-10-21)6-13-24(30)29-16-14-26(15-17-29)18-23(28-31-26)20-7-11-22(27)12-8-20/h4-13H,14-18H2,1-3H3. The number of benzene rings is 2. The fourth-order valence-corrected chi connectivity index (χ4v) is 4.21. The average Bonchev–Trinajstić information content (AvgIpc) is 3.16. The Morgan fingerprint density at radius 2 is 1.71 bits per heavy atom. The van der Waals surface area contributed by atoms with E-state index in [2.05, 4.69) is 50.2 Å². The molecule has 2 aromatic rings. The lowest BCUT2D eigenvalue weighted by atomic mass is 9.85. The van der Waals surface area contributed by atoms with E-state index in [1.54, 1.807) is 6.08 Å². The fourth-order valence-electron chi connectivity index (χ4n) is 4.09. The van der Waals surface area contributed by atoms with Gasteiger partial charge in [0.25, 0.3) is 0 Å². The molecule has 31 heavy (non-hydrogen) atoms. The number of carbonyl (C=O) groups excluding carboxylic acids is 1. The third kappa shape index (κ3) is 5.01. The molecule has 2 aliphatic heterocycles. The molecule has 1 amide bonds. The van der Waals surface area contributed by atoms with Crippen LogP contribution in [0.1, 0.15) is 56.7 Å². The number of likely N-dealkylation sites (tertiary alicyclic amines) is 1. The van der Waals surface area contributed by atoms with Gasteiger partial charge in [0, 0.05) is 43.5 Å². The predicted molar refractivity (Wildman–Crippen MR) is 126 cm³/mol. The molecule has 0 aromatic heterocycles. The first-order valence-electron chi connectivity index (χ1n) is 10.8. The van der Waals surface area contributed by atoms with E-state index < -0.39 is 0 Å². The molecule has 2 aromatic carbocycles. The zero-order valence-corrected chi connectivity index (χ0v) is 19.2. The second-order valence-electron chi connectivity index (χ2n) is 9.53. The summed E-state index contributed by atoms with van der Waals surface area (Å²) in [6, 6.07) is 16.1. The molecule has 0 aliphatic carbocycles. The number of amides is 1. The monoisotopic (exact) mass is 436 g/mol. The third-order valence-corrected chi connectivity index (χ3v) is 6.45. The lowest BCUT2D eigenvalue weighted by molar-refractivity contribution is -0.131. The molecule has 0 saturated carbocycles. The third-order valence-electron chi connectivity index (χ3n) is 6.20. The summed E-state index contributed by atoms with van der Waals surface area (Å²) in [5.41, 5.74) is 4.15. The minimum atomic E-state index is -0.293. The van der Waals surface area contributed by atoms with E-state index in [0.29, 0.717) is 18.1 Å². The zero-order chi connectivity index (χ0) is 22.1. The van der Waals surface area contributed by atoms with Gasteiger partial charge in [0.2, 0.25) is 5.91 Å². The van der Waals surface area contributed by atoms with Crippen LogP contribution in [0, 0.1) is 0 Å². The van der Waals surface area contributed by atoms with Gasteiger partial charge < -0.3 is 9.74 Å². The number of hydrogen-bond acceptors (Lipinski definition) is 3. The molecule has 162 valence electrons. The molecule has 2 heterocycles. The van der Waals surface area contributed by atoms with E-state index in [1.807, 2.05) is 35.2 Å². The van der Waals surface area contributed by atoms with Crippen LogP contribution in [-0.4, -0.2) is 35.2 Å². The number of piperidine rings is 1. The summed E-state index contributed by atoms with van der Waals surface area (Å²) < 4.78 is 0. The molecule has 1 saturated heterocycles. The zero-order valence-electron chi connectivity index (χ0n) is 18.4. The van der Waals surface area contributed by atoms with Gasteiger partial charge in [0.1, 0.15) is 5.60 Å². The summed E-state index contributed by atoms with van der Waals surface area (Å²) in [5, 5.41) is 5.05. The highest BCUT2D eigenvalue weighted by Gasteiger charge is 2.42. The van der Waals surface area contributed by atoms with Crippen LogP contribution in [-0.2, 0) is 15.0 Å². The van der Waals surface area contributed by atoms with Gasteiger partial charge in [0.15, 0.2) is 0 Å². The molecule has 1 fully saturated rings. The smallest absolute Gasteiger partial charge is 0.246 e. The van der Waals surface area contributed by atoms with Crippen molar-refractivity contribution in [2.75, 3.05) is 13.1 Å². The van der Waals surface area contributed by atoms with Crippen LogP contribution in [0.15, 0.2) is 59.8 Å². The van der Waals surface area contributed by atoms with Gasteiger partial charge in [-0.2, -0.15) is 0 Å². The van der Waals surface area contributed by atoms with Crippen molar-refractivity contribution in [3.8, 4) is 0 Å². The Hall–Kier alpha value is -2.59. The molecule has 4 rings (SSSR count). The number of halogens is 1. The summed E-state index contributed by atoms with van der Waals surface area (Å²) in [6.45, 7) is 7.94. The fraction of sp³-hybridized carbons (Fsp3) is 0.385. The summed E-state index contributed by atoms with van der Waals surface area (Å²) in [6.07, 6.45) is 5.91. The highest BCUT2D eigenvalue weighted by atomic mass is 35.5. The lowest BCUT2D eigenvalue weighted by Gasteiger charge is -2.36. The normalized spacial score (nSPS) is 18.3. The van der Waals surface area contributed by atoms with Crippen LogP contribution in [0.4, 0.5) is 0 Å². The van der Waals surface area contributed by atoms with Gasteiger partial charge in [-0.15, -0.1) is 0 Å². The molecular formula is C26H29ClN2O2. The second kappa shape index (κ2) is 8.51. The Balaban J connectivity index is 1.31. The molecule has 0 unspecified atom stereocenters. The lowest BCUT2D eigenvalue weighted by Crippen LogP contribution is -2.46. The first kappa shape index (κ1) is 21.6. The summed E-state index contributed by atoms with van der Waals surface area (Å²) in [5.74, 6) is 0.0478. The van der Waals surface area contributed by atoms with Gasteiger partial charge in [0.05, 0.1) is 5.71 Å². The number of hydrogen-bond donors (Lipinski definition) is 0. The van der Waals surface area contributed by atoms with Gasteiger partial charge >= 0.3 is 0 Å².